The molecule has 0 bridgehead atoms. The summed E-state index contributed by atoms with van der Waals surface area (Å²) in [6, 6.07) is 11.3. The molecule has 7 nitrogen and oxygen atoms in total. The van der Waals surface area contributed by atoms with Gasteiger partial charge in [-0.25, -0.2) is 9.78 Å². The topological polar surface area (TPSA) is 93.9 Å². The van der Waals surface area contributed by atoms with E-state index in [0.717, 1.165) is 5.56 Å². The van der Waals surface area contributed by atoms with Crippen LogP contribution in [-0.2, 0) is 6.61 Å². The van der Waals surface area contributed by atoms with Gasteiger partial charge in [-0.15, -0.1) is 0 Å². The second-order valence-electron chi connectivity index (χ2n) is 4.34. The van der Waals surface area contributed by atoms with E-state index in [0.29, 0.717) is 24.0 Å². The highest BCUT2D eigenvalue weighted by Gasteiger charge is 2.10. The molecule has 0 amide bonds. The summed E-state index contributed by atoms with van der Waals surface area (Å²) in [7, 11) is 0. The van der Waals surface area contributed by atoms with Crippen LogP contribution in [0.3, 0.4) is 0 Å². The van der Waals surface area contributed by atoms with Crippen molar-refractivity contribution < 1.29 is 9.26 Å². The number of aromatic amines is 1. The molecule has 0 aliphatic heterocycles. The number of aromatic nitrogens is 4. The fraction of sp³-hybridized carbons (Fsp3) is 0.143. The molecule has 0 saturated carbocycles. The maximum Gasteiger partial charge on any atom is 0.460 e. The minimum absolute atomic E-state index is 0.245. The molecule has 0 aliphatic rings. The Balaban J connectivity index is 1.83. The zero-order valence-electron chi connectivity index (χ0n) is 11.2. The van der Waals surface area contributed by atoms with Crippen LogP contribution in [0, 0.1) is 6.92 Å². The molecule has 1 N–H and O–H groups in total. The zero-order chi connectivity index (χ0) is 14.7. The molecule has 3 aromatic rings. The number of H-pyrrole nitrogens is 1. The number of benzene rings is 1. The zero-order valence-corrected chi connectivity index (χ0v) is 11.2. The first kappa shape index (κ1) is 13.0. The maximum atomic E-state index is 11.0. The van der Waals surface area contributed by atoms with Gasteiger partial charge in [0.05, 0.1) is 0 Å². The first-order valence-corrected chi connectivity index (χ1v) is 6.29. The van der Waals surface area contributed by atoms with E-state index in [1.165, 1.54) is 0 Å². The van der Waals surface area contributed by atoms with E-state index in [1.807, 2.05) is 30.3 Å². The number of ether oxygens (including phenoxy) is 1. The Labute approximate surface area is 119 Å². The third-order valence-corrected chi connectivity index (χ3v) is 2.72. The van der Waals surface area contributed by atoms with Crippen LogP contribution in [0.25, 0.3) is 11.5 Å². The van der Waals surface area contributed by atoms with Crippen LogP contribution in [0.1, 0.15) is 11.4 Å². The van der Waals surface area contributed by atoms with Gasteiger partial charge in [0, 0.05) is 6.07 Å². The standard InChI is InChI=1S/C14H12N4O3/c1-9-15-11(13-17-14(19)21-18-13)7-12(16-9)20-8-10-5-3-2-4-6-10/h2-7H,8H2,1H3,(H,17,18,19). The lowest BCUT2D eigenvalue weighted by Gasteiger charge is -2.07. The average Bonchev–Trinajstić information content (AvgIpc) is 2.92. The summed E-state index contributed by atoms with van der Waals surface area (Å²) in [4.78, 5) is 23.0. The SMILES string of the molecule is Cc1nc(OCc2ccccc2)cc(-c2nc(=O)o[nH]2)n1. The van der Waals surface area contributed by atoms with Crippen LogP contribution in [0.2, 0.25) is 0 Å². The average molecular weight is 284 g/mol. The van der Waals surface area contributed by atoms with E-state index in [1.54, 1.807) is 13.0 Å². The van der Waals surface area contributed by atoms with Crippen molar-refractivity contribution in [3.05, 3.63) is 58.3 Å². The molecule has 0 radical (unpaired) electrons. The number of nitrogens with zero attached hydrogens (tertiary/aromatic N) is 3. The number of nitrogens with one attached hydrogen (secondary N) is 1. The largest absolute Gasteiger partial charge is 0.473 e. The van der Waals surface area contributed by atoms with E-state index in [9.17, 15) is 4.79 Å². The summed E-state index contributed by atoms with van der Waals surface area (Å²) in [5.74, 6) is 0.465. The van der Waals surface area contributed by atoms with E-state index in [4.69, 9.17) is 4.74 Å². The van der Waals surface area contributed by atoms with Crippen molar-refractivity contribution >= 4 is 0 Å². The molecule has 0 unspecified atom stereocenters. The molecule has 2 aromatic heterocycles. The molecule has 0 fully saturated rings. The molecular weight excluding hydrogens is 272 g/mol. The Kier molecular flexibility index (Phi) is 3.46. The van der Waals surface area contributed by atoms with Crippen molar-refractivity contribution in [1.82, 2.24) is 20.1 Å². The van der Waals surface area contributed by atoms with Crippen LogP contribution in [0.5, 0.6) is 5.88 Å². The predicted molar refractivity (Wildman–Crippen MR) is 73.7 cm³/mol. The van der Waals surface area contributed by atoms with Gasteiger partial charge in [0.25, 0.3) is 0 Å². The summed E-state index contributed by atoms with van der Waals surface area (Å²) < 4.78 is 10.2. The van der Waals surface area contributed by atoms with Gasteiger partial charge in [-0.1, -0.05) is 30.3 Å². The van der Waals surface area contributed by atoms with Gasteiger partial charge in [-0.3, -0.25) is 0 Å². The van der Waals surface area contributed by atoms with Gasteiger partial charge in [0.15, 0.2) is 5.82 Å². The van der Waals surface area contributed by atoms with Gasteiger partial charge in [0.1, 0.15) is 18.1 Å². The van der Waals surface area contributed by atoms with Crippen molar-refractivity contribution in [3.8, 4) is 17.4 Å². The van der Waals surface area contributed by atoms with Crippen molar-refractivity contribution in [2.75, 3.05) is 0 Å². The van der Waals surface area contributed by atoms with Gasteiger partial charge >= 0.3 is 5.76 Å². The van der Waals surface area contributed by atoms with Crippen molar-refractivity contribution in [2.45, 2.75) is 13.5 Å². The Bertz CT molecular complexity index is 795. The monoisotopic (exact) mass is 284 g/mol. The second-order valence-corrected chi connectivity index (χ2v) is 4.34. The first-order valence-electron chi connectivity index (χ1n) is 6.29. The molecule has 106 valence electrons. The highest BCUT2D eigenvalue weighted by Crippen LogP contribution is 2.17. The Hall–Kier alpha value is -2.96. The van der Waals surface area contributed by atoms with Crippen LogP contribution < -0.4 is 10.5 Å². The molecule has 1 aromatic carbocycles. The Morgan fingerprint density at radius 1 is 1.19 bits per heavy atom. The van der Waals surface area contributed by atoms with Gasteiger partial charge < -0.3 is 9.26 Å². The van der Waals surface area contributed by atoms with Gasteiger partial charge in [0.2, 0.25) is 5.88 Å². The molecule has 0 atom stereocenters. The second kappa shape index (κ2) is 5.58. The van der Waals surface area contributed by atoms with Gasteiger partial charge in [-0.05, 0) is 12.5 Å². The lowest BCUT2D eigenvalue weighted by atomic mass is 10.2. The van der Waals surface area contributed by atoms with Crippen LogP contribution >= 0.6 is 0 Å². The van der Waals surface area contributed by atoms with Crippen molar-refractivity contribution in [1.29, 1.82) is 0 Å². The summed E-state index contributed by atoms with van der Waals surface area (Å²) in [6.45, 7) is 2.13. The number of hydrogen-bond donors (Lipinski definition) is 1. The molecular formula is C14H12N4O3. The highest BCUT2D eigenvalue weighted by molar-refractivity contribution is 5.49. The van der Waals surface area contributed by atoms with E-state index in [-0.39, 0.29) is 5.82 Å². The number of rotatable bonds is 4. The maximum absolute atomic E-state index is 11.0. The van der Waals surface area contributed by atoms with E-state index in [2.05, 4.69) is 24.6 Å². The number of aryl methyl sites for hydroxylation is 1. The summed E-state index contributed by atoms with van der Waals surface area (Å²) in [5.41, 5.74) is 1.47. The molecule has 0 spiro atoms. The molecule has 3 rings (SSSR count). The van der Waals surface area contributed by atoms with Crippen molar-refractivity contribution in [3.63, 3.8) is 0 Å². The van der Waals surface area contributed by atoms with E-state index < -0.39 is 5.76 Å². The minimum Gasteiger partial charge on any atom is -0.473 e. The molecule has 7 heteroatoms. The molecule has 2 heterocycles. The van der Waals surface area contributed by atoms with Crippen molar-refractivity contribution in [2.24, 2.45) is 0 Å². The highest BCUT2D eigenvalue weighted by atomic mass is 16.5. The smallest absolute Gasteiger partial charge is 0.460 e. The van der Waals surface area contributed by atoms with Crippen LogP contribution in [0.4, 0.5) is 0 Å². The van der Waals surface area contributed by atoms with E-state index >= 15 is 0 Å². The van der Waals surface area contributed by atoms with Crippen LogP contribution in [-0.4, -0.2) is 20.1 Å². The summed E-state index contributed by atoms with van der Waals surface area (Å²) >= 11 is 0. The summed E-state index contributed by atoms with van der Waals surface area (Å²) in [5, 5.41) is 2.41. The Morgan fingerprint density at radius 2 is 2.00 bits per heavy atom. The lowest BCUT2D eigenvalue weighted by molar-refractivity contribution is 0.292. The predicted octanol–water partition coefficient (Wildman–Crippen LogP) is 1.71. The minimum atomic E-state index is -0.701. The number of hydrogen-bond acceptors (Lipinski definition) is 6. The first-order chi connectivity index (χ1) is 10.2. The molecule has 0 saturated heterocycles. The lowest BCUT2D eigenvalue weighted by Crippen LogP contribution is -2.01. The third kappa shape index (κ3) is 3.14. The molecule has 0 aliphatic carbocycles. The third-order valence-electron chi connectivity index (χ3n) is 2.72. The van der Waals surface area contributed by atoms with Gasteiger partial charge in [-0.2, -0.15) is 15.1 Å². The quantitative estimate of drug-likeness (QED) is 0.783. The normalized spacial score (nSPS) is 10.5. The summed E-state index contributed by atoms with van der Waals surface area (Å²) in [6.07, 6.45) is 0. The van der Waals surface area contributed by atoms with Crippen LogP contribution in [0.15, 0.2) is 45.7 Å². The molecule has 21 heavy (non-hydrogen) atoms. The Morgan fingerprint density at radius 3 is 2.71 bits per heavy atom. The fourth-order valence-corrected chi connectivity index (χ4v) is 1.81. The fourth-order valence-electron chi connectivity index (χ4n) is 1.81.